The smallest absolute Gasteiger partial charge is 0.0698 e. The van der Waals surface area contributed by atoms with Crippen molar-refractivity contribution in [2.45, 2.75) is 44.2 Å². The van der Waals surface area contributed by atoms with E-state index in [1.165, 1.54) is 18.4 Å². The van der Waals surface area contributed by atoms with Crippen LogP contribution in [0.5, 0.6) is 0 Å². The summed E-state index contributed by atoms with van der Waals surface area (Å²) in [5.74, 6) is 0. The molecule has 2 N–H and O–H groups in total. The molecule has 0 radical (unpaired) electrons. The Labute approximate surface area is 123 Å². The maximum absolute atomic E-state index is 6.20. The zero-order chi connectivity index (χ0) is 14.4. The Bertz CT molecular complexity index is 389. The number of ether oxygens (including phenoxy) is 1. The summed E-state index contributed by atoms with van der Waals surface area (Å²) >= 11 is 0. The summed E-state index contributed by atoms with van der Waals surface area (Å²) in [6.45, 7) is 5.10. The Balaban J connectivity index is 2.15. The van der Waals surface area contributed by atoms with E-state index in [2.05, 4.69) is 42.2 Å². The van der Waals surface area contributed by atoms with Crippen molar-refractivity contribution in [3.8, 4) is 0 Å². The number of hydrogen-bond acceptors (Lipinski definition) is 3. The monoisotopic (exact) mass is 276 g/mol. The van der Waals surface area contributed by atoms with Gasteiger partial charge in [0.25, 0.3) is 0 Å². The molecule has 3 heteroatoms. The minimum Gasteiger partial charge on any atom is -0.380 e. The molecule has 1 heterocycles. The van der Waals surface area contributed by atoms with Crippen LogP contribution in [0.15, 0.2) is 30.3 Å². The lowest BCUT2D eigenvalue weighted by molar-refractivity contribution is -0.0188. The Morgan fingerprint density at radius 3 is 2.70 bits per heavy atom. The number of nitrogens with zero attached hydrogens (tertiary/aromatic N) is 1. The fraction of sp³-hybridized carbons (Fsp3) is 0.647. The minimum atomic E-state index is 0.0680. The van der Waals surface area contributed by atoms with E-state index in [1.54, 1.807) is 0 Å². The first kappa shape index (κ1) is 15.5. The third kappa shape index (κ3) is 3.40. The van der Waals surface area contributed by atoms with Gasteiger partial charge in [0.2, 0.25) is 0 Å². The van der Waals surface area contributed by atoms with Gasteiger partial charge in [-0.25, -0.2) is 0 Å². The van der Waals surface area contributed by atoms with Crippen LogP contribution in [0.25, 0.3) is 0 Å². The van der Waals surface area contributed by atoms with Crippen molar-refractivity contribution in [2.75, 3.05) is 26.7 Å². The highest BCUT2D eigenvalue weighted by molar-refractivity contribution is 5.18. The van der Waals surface area contributed by atoms with Crippen LogP contribution in [-0.2, 0) is 11.2 Å². The number of benzene rings is 1. The normalized spacial score (nSPS) is 23.4. The van der Waals surface area contributed by atoms with Crippen molar-refractivity contribution in [2.24, 2.45) is 5.73 Å². The van der Waals surface area contributed by atoms with E-state index in [9.17, 15) is 0 Å². The zero-order valence-electron chi connectivity index (χ0n) is 12.8. The second-order valence-corrected chi connectivity index (χ2v) is 5.89. The first-order valence-electron chi connectivity index (χ1n) is 7.76. The van der Waals surface area contributed by atoms with Gasteiger partial charge in [0.05, 0.1) is 6.10 Å². The van der Waals surface area contributed by atoms with Crippen LogP contribution in [0.2, 0.25) is 0 Å². The lowest BCUT2D eigenvalue weighted by Gasteiger charge is -2.47. The zero-order valence-corrected chi connectivity index (χ0v) is 12.8. The van der Waals surface area contributed by atoms with E-state index < -0.39 is 0 Å². The largest absolute Gasteiger partial charge is 0.380 e. The number of methoxy groups -OCH3 is 1. The molecule has 112 valence electrons. The van der Waals surface area contributed by atoms with Crippen molar-refractivity contribution in [3.63, 3.8) is 0 Å². The second kappa shape index (κ2) is 7.21. The molecule has 2 unspecified atom stereocenters. The van der Waals surface area contributed by atoms with Crippen LogP contribution in [0.4, 0.5) is 0 Å². The molecular weight excluding hydrogens is 248 g/mol. The van der Waals surface area contributed by atoms with Crippen LogP contribution in [0.1, 0.15) is 31.7 Å². The van der Waals surface area contributed by atoms with Crippen LogP contribution in [0.3, 0.4) is 0 Å². The SMILES string of the molecule is CCC(CN)(Cc1ccccc1)N1CCCC(OC)C1. The van der Waals surface area contributed by atoms with Crippen molar-refractivity contribution >= 4 is 0 Å². The van der Waals surface area contributed by atoms with Gasteiger partial charge in [-0.05, 0) is 37.8 Å². The summed E-state index contributed by atoms with van der Waals surface area (Å²) in [7, 11) is 1.82. The molecule has 1 saturated heterocycles. The number of nitrogens with two attached hydrogens (primary N) is 1. The van der Waals surface area contributed by atoms with Gasteiger partial charge in [-0.1, -0.05) is 37.3 Å². The van der Waals surface area contributed by atoms with Gasteiger partial charge in [-0.15, -0.1) is 0 Å². The molecular formula is C17H28N2O. The highest BCUT2D eigenvalue weighted by Gasteiger charge is 2.36. The predicted octanol–water partition coefficient (Wildman–Crippen LogP) is 2.45. The molecule has 1 aliphatic rings. The first-order chi connectivity index (χ1) is 9.74. The number of rotatable bonds is 6. The summed E-state index contributed by atoms with van der Waals surface area (Å²) in [5, 5.41) is 0. The molecule has 2 rings (SSSR count). The van der Waals surface area contributed by atoms with Crippen molar-refractivity contribution in [3.05, 3.63) is 35.9 Å². The standard InChI is InChI=1S/C17H28N2O/c1-3-17(14-18,12-15-8-5-4-6-9-15)19-11-7-10-16(13-19)20-2/h4-6,8-9,16H,3,7,10-14,18H2,1-2H3. The Kier molecular flexibility index (Phi) is 5.58. The molecule has 0 spiro atoms. The van der Waals surface area contributed by atoms with Gasteiger partial charge in [-0.2, -0.15) is 0 Å². The quantitative estimate of drug-likeness (QED) is 0.867. The van der Waals surface area contributed by atoms with Gasteiger partial charge in [0, 0.05) is 25.7 Å². The average molecular weight is 276 g/mol. The molecule has 1 aliphatic heterocycles. The first-order valence-corrected chi connectivity index (χ1v) is 7.76. The molecule has 1 fully saturated rings. The van der Waals surface area contributed by atoms with E-state index >= 15 is 0 Å². The lowest BCUT2D eigenvalue weighted by Crippen LogP contribution is -2.59. The van der Waals surface area contributed by atoms with Gasteiger partial charge in [0.1, 0.15) is 0 Å². The molecule has 1 aromatic rings. The molecule has 0 bridgehead atoms. The number of piperidine rings is 1. The minimum absolute atomic E-state index is 0.0680. The van der Waals surface area contributed by atoms with Gasteiger partial charge in [-0.3, -0.25) is 4.90 Å². The van der Waals surface area contributed by atoms with Gasteiger partial charge in [0.15, 0.2) is 0 Å². The van der Waals surface area contributed by atoms with Gasteiger partial charge < -0.3 is 10.5 Å². The maximum atomic E-state index is 6.20. The van der Waals surface area contributed by atoms with Crippen molar-refractivity contribution < 1.29 is 4.74 Å². The van der Waals surface area contributed by atoms with E-state index in [1.807, 2.05) is 7.11 Å². The molecule has 20 heavy (non-hydrogen) atoms. The van der Waals surface area contributed by atoms with Crippen molar-refractivity contribution in [1.29, 1.82) is 0 Å². The highest BCUT2D eigenvalue weighted by Crippen LogP contribution is 2.28. The molecule has 0 aromatic heterocycles. The summed E-state index contributed by atoms with van der Waals surface area (Å²) < 4.78 is 5.57. The molecule has 0 saturated carbocycles. The van der Waals surface area contributed by atoms with E-state index in [4.69, 9.17) is 10.5 Å². The molecule has 2 atom stereocenters. The predicted molar refractivity (Wildman–Crippen MR) is 83.8 cm³/mol. The fourth-order valence-corrected chi connectivity index (χ4v) is 3.34. The molecule has 1 aromatic carbocycles. The maximum Gasteiger partial charge on any atom is 0.0698 e. The van der Waals surface area contributed by atoms with E-state index in [0.717, 1.165) is 25.9 Å². The van der Waals surface area contributed by atoms with Gasteiger partial charge >= 0.3 is 0 Å². The Morgan fingerprint density at radius 2 is 2.10 bits per heavy atom. The third-order valence-corrected chi connectivity index (χ3v) is 4.80. The van der Waals surface area contributed by atoms with Crippen LogP contribution >= 0.6 is 0 Å². The molecule has 0 aliphatic carbocycles. The van der Waals surface area contributed by atoms with Crippen molar-refractivity contribution in [1.82, 2.24) is 4.90 Å². The van der Waals surface area contributed by atoms with Crippen LogP contribution < -0.4 is 5.73 Å². The second-order valence-electron chi connectivity index (χ2n) is 5.89. The lowest BCUT2D eigenvalue weighted by atomic mass is 9.84. The topological polar surface area (TPSA) is 38.5 Å². The Hall–Kier alpha value is -0.900. The summed E-state index contributed by atoms with van der Waals surface area (Å²) in [4.78, 5) is 2.57. The van der Waals surface area contributed by atoms with E-state index in [-0.39, 0.29) is 5.54 Å². The van der Waals surface area contributed by atoms with Crippen LogP contribution in [0, 0.1) is 0 Å². The average Bonchev–Trinajstić information content (AvgIpc) is 2.54. The summed E-state index contributed by atoms with van der Waals surface area (Å²) in [5.41, 5.74) is 7.64. The molecule has 3 nitrogen and oxygen atoms in total. The highest BCUT2D eigenvalue weighted by atomic mass is 16.5. The summed E-state index contributed by atoms with van der Waals surface area (Å²) in [6.07, 6.45) is 4.83. The Morgan fingerprint density at radius 1 is 1.35 bits per heavy atom. The third-order valence-electron chi connectivity index (χ3n) is 4.80. The fourth-order valence-electron chi connectivity index (χ4n) is 3.34. The summed E-state index contributed by atoms with van der Waals surface area (Å²) in [6, 6.07) is 10.7. The number of likely N-dealkylation sites (tertiary alicyclic amines) is 1. The number of hydrogen-bond donors (Lipinski definition) is 1. The van der Waals surface area contributed by atoms with Crippen LogP contribution in [-0.4, -0.2) is 43.3 Å². The van der Waals surface area contributed by atoms with E-state index in [0.29, 0.717) is 12.6 Å². The molecule has 0 amide bonds.